The summed E-state index contributed by atoms with van der Waals surface area (Å²) in [6.07, 6.45) is 0. The normalized spacial score (nSPS) is 11.5. The molecule has 112 valence electrons. The van der Waals surface area contributed by atoms with Crippen LogP contribution in [0.1, 0.15) is 20.4 Å². The zero-order valence-corrected chi connectivity index (χ0v) is 14.0. The number of carboxylic acid groups (broad SMARTS) is 1. The first kappa shape index (κ1) is 16.1. The summed E-state index contributed by atoms with van der Waals surface area (Å²) >= 11 is 4.19. The van der Waals surface area contributed by atoms with Gasteiger partial charge in [-0.25, -0.2) is 22.9 Å². The van der Waals surface area contributed by atoms with E-state index in [9.17, 15) is 13.2 Å². The average Bonchev–Trinajstić information content (AvgIpc) is 2.79. The van der Waals surface area contributed by atoms with Gasteiger partial charge in [0.15, 0.2) is 0 Å². The number of nitrogens with one attached hydrogen (secondary N) is 1. The van der Waals surface area contributed by atoms with Crippen molar-refractivity contribution in [2.75, 3.05) is 0 Å². The van der Waals surface area contributed by atoms with E-state index in [0.29, 0.717) is 10.7 Å². The van der Waals surface area contributed by atoms with Crippen molar-refractivity contribution in [3.63, 3.8) is 0 Å². The summed E-state index contributed by atoms with van der Waals surface area (Å²) < 4.78 is 27.3. The van der Waals surface area contributed by atoms with Crippen LogP contribution in [0.2, 0.25) is 0 Å². The molecule has 0 unspecified atom stereocenters. The third-order valence-corrected chi connectivity index (χ3v) is 5.66. The van der Waals surface area contributed by atoms with E-state index in [1.807, 2.05) is 0 Å². The fourth-order valence-corrected chi connectivity index (χ4v) is 3.77. The number of hydrogen-bond acceptors (Lipinski definition) is 5. The van der Waals surface area contributed by atoms with Gasteiger partial charge in [-0.2, -0.15) is 0 Å². The number of hydrogen-bond donors (Lipinski definition) is 2. The van der Waals surface area contributed by atoms with E-state index in [-0.39, 0.29) is 16.3 Å². The highest BCUT2D eigenvalue weighted by Crippen LogP contribution is 2.19. The number of carbonyl (C=O) groups is 1. The summed E-state index contributed by atoms with van der Waals surface area (Å²) in [7, 11) is -3.65. The van der Waals surface area contributed by atoms with Crippen LogP contribution in [-0.4, -0.2) is 24.5 Å². The highest BCUT2D eigenvalue weighted by molar-refractivity contribution is 9.10. The standard InChI is InChI=1S/C12H11BrN2O4S2/c1-7-11(12(16)17)20-10(15-7)6-14-21(18,19)9-4-2-8(13)3-5-9/h2-5,14H,6H2,1H3,(H,16,17). The number of sulfonamides is 1. The van der Waals surface area contributed by atoms with Crippen molar-refractivity contribution in [1.82, 2.24) is 9.71 Å². The van der Waals surface area contributed by atoms with Gasteiger partial charge < -0.3 is 5.11 Å². The molecule has 0 bridgehead atoms. The molecule has 0 fully saturated rings. The topological polar surface area (TPSA) is 96.4 Å². The molecule has 1 aromatic carbocycles. The molecule has 0 radical (unpaired) electrons. The first-order chi connectivity index (χ1) is 9.79. The quantitative estimate of drug-likeness (QED) is 0.816. The van der Waals surface area contributed by atoms with Crippen LogP contribution < -0.4 is 4.72 Å². The monoisotopic (exact) mass is 390 g/mol. The van der Waals surface area contributed by atoms with Crippen LogP contribution in [-0.2, 0) is 16.6 Å². The maximum atomic E-state index is 12.1. The summed E-state index contributed by atoms with van der Waals surface area (Å²) in [6.45, 7) is 1.53. The van der Waals surface area contributed by atoms with Crippen LogP contribution >= 0.6 is 27.3 Å². The number of benzene rings is 1. The summed E-state index contributed by atoms with van der Waals surface area (Å²) in [4.78, 5) is 15.2. The Balaban J connectivity index is 2.13. The molecule has 2 rings (SSSR count). The van der Waals surface area contributed by atoms with Crippen molar-refractivity contribution in [2.45, 2.75) is 18.4 Å². The van der Waals surface area contributed by atoms with Crippen LogP contribution in [0.5, 0.6) is 0 Å². The molecule has 0 saturated carbocycles. The Morgan fingerprint density at radius 1 is 1.38 bits per heavy atom. The molecule has 1 heterocycles. The molecule has 9 heteroatoms. The van der Waals surface area contributed by atoms with Gasteiger partial charge in [-0.05, 0) is 31.2 Å². The van der Waals surface area contributed by atoms with E-state index in [0.717, 1.165) is 15.8 Å². The zero-order chi connectivity index (χ0) is 15.6. The second kappa shape index (κ2) is 6.22. The highest BCUT2D eigenvalue weighted by Gasteiger charge is 2.17. The number of aryl methyl sites for hydroxylation is 1. The van der Waals surface area contributed by atoms with Crippen LogP contribution in [0, 0.1) is 6.92 Å². The van der Waals surface area contributed by atoms with E-state index < -0.39 is 16.0 Å². The van der Waals surface area contributed by atoms with Gasteiger partial charge in [-0.1, -0.05) is 15.9 Å². The Labute approximate surface area is 134 Å². The number of nitrogens with zero attached hydrogens (tertiary/aromatic N) is 1. The molecule has 0 atom stereocenters. The van der Waals surface area contributed by atoms with Gasteiger partial charge >= 0.3 is 5.97 Å². The predicted molar refractivity (Wildman–Crippen MR) is 82.0 cm³/mol. The molecular formula is C12H11BrN2O4S2. The molecule has 0 aliphatic heterocycles. The Hall–Kier alpha value is -1.29. The molecule has 0 amide bonds. The van der Waals surface area contributed by atoms with Crippen molar-refractivity contribution in [2.24, 2.45) is 0 Å². The fourth-order valence-electron chi connectivity index (χ4n) is 1.58. The molecule has 0 aliphatic rings. The lowest BCUT2D eigenvalue weighted by Crippen LogP contribution is -2.23. The highest BCUT2D eigenvalue weighted by atomic mass is 79.9. The molecule has 0 spiro atoms. The van der Waals surface area contributed by atoms with Crippen molar-refractivity contribution in [1.29, 1.82) is 0 Å². The third kappa shape index (κ3) is 3.88. The fraction of sp³-hybridized carbons (Fsp3) is 0.167. The SMILES string of the molecule is Cc1nc(CNS(=O)(=O)c2ccc(Br)cc2)sc1C(=O)O. The number of thiazole rings is 1. The largest absolute Gasteiger partial charge is 0.477 e. The summed E-state index contributed by atoms with van der Waals surface area (Å²) in [5.41, 5.74) is 0.380. The summed E-state index contributed by atoms with van der Waals surface area (Å²) in [5.74, 6) is -1.06. The van der Waals surface area contributed by atoms with Crippen molar-refractivity contribution in [3.05, 3.63) is 44.3 Å². The van der Waals surface area contributed by atoms with Crippen molar-refractivity contribution < 1.29 is 18.3 Å². The van der Waals surface area contributed by atoms with Gasteiger partial charge in [0.25, 0.3) is 0 Å². The lowest BCUT2D eigenvalue weighted by molar-refractivity contribution is 0.0701. The Morgan fingerprint density at radius 3 is 2.52 bits per heavy atom. The first-order valence-electron chi connectivity index (χ1n) is 5.74. The van der Waals surface area contributed by atoms with E-state index in [1.54, 1.807) is 19.1 Å². The van der Waals surface area contributed by atoms with Crippen LogP contribution in [0.25, 0.3) is 0 Å². The van der Waals surface area contributed by atoms with Gasteiger partial charge in [0.1, 0.15) is 9.88 Å². The molecule has 2 aromatic rings. The Bertz CT molecular complexity index is 769. The maximum Gasteiger partial charge on any atom is 0.347 e. The molecule has 2 N–H and O–H groups in total. The van der Waals surface area contributed by atoms with Crippen molar-refractivity contribution in [3.8, 4) is 0 Å². The smallest absolute Gasteiger partial charge is 0.347 e. The number of aromatic nitrogens is 1. The van der Waals surface area contributed by atoms with Crippen LogP contribution in [0.15, 0.2) is 33.6 Å². The lowest BCUT2D eigenvalue weighted by Gasteiger charge is -2.05. The third-order valence-electron chi connectivity index (χ3n) is 2.57. The number of halogens is 1. The number of aromatic carboxylic acids is 1. The van der Waals surface area contributed by atoms with Gasteiger partial charge in [-0.3, -0.25) is 0 Å². The molecule has 1 aromatic heterocycles. The molecule has 6 nitrogen and oxygen atoms in total. The minimum Gasteiger partial charge on any atom is -0.477 e. The maximum absolute atomic E-state index is 12.1. The average molecular weight is 391 g/mol. The number of rotatable bonds is 5. The van der Waals surface area contributed by atoms with Gasteiger partial charge in [0.05, 0.1) is 17.1 Å². The summed E-state index contributed by atoms with van der Waals surface area (Å²) in [6, 6.07) is 6.21. The second-order valence-corrected chi connectivity index (χ2v) is 7.87. The van der Waals surface area contributed by atoms with E-state index in [4.69, 9.17) is 5.11 Å². The number of carboxylic acids is 1. The molecular weight excluding hydrogens is 380 g/mol. The lowest BCUT2D eigenvalue weighted by atomic mass is 10.4. The predicted octanol–water partition coefficient (Wildman–Crippen LogP) is 2.39. The second-order valence-electron chi connectivity index (χ2n) is 4.11. The van der Waals surface area contributed by atoms with E-state index in [1.165, 1.54) is 12.1 Å². The Morgan fingerprint density at radius 2 is 2.00 bits per heavy atom. The molecule has 0 saturated heterocycles. The van der Waals surface area contributed by atoms with Gasteiger partial charge in [0, 0.05) is 4.47 Å². The van der Waals surface area contributed by atoms with Gasteiger partial charge in [-0.15, -0.1) is 11.3 Å². The van der Waals surface area contributed by atoms with Crippen LogP contribution in [0.4, 0.5) is 0 Å². The zero-order valence-electron chi connectivity index (χ0n) is 10.8. The van der Waals surface area contributed by atoms with Gasteiger partial charge in [0.2, 0.25) is 10.0 Å². The van der Waals surface area contributed by atoms with Crippen molar-refractivity contribution >= 4 is 43.3 Å². The first-order valence-corrected chi connectivity index (χ1v) is 8.83. The minimum absolute atomic E-state index is 0.0445. The van der Waals surface area contributed by atoms with E-state index in [2.05, 4.69) is 25.6 Å². The summed E-state index contributed by atoms with van der Waals surface area (Å²) in [5, 5.41) is 9.35. The minimum atomic E-state index is -3.65. The molecule has 21 heavy (non-hydrogen) atoms. The van der Waals surface area contributed by atoms with Crippen LogP contribution in [0.3, 0.4) is 0 Å². The molecule has 0 aliphatic carbocycles. The van der Waals surface area contributed by atoms with E-state index >= 15 is 0 Å². The Kier molecular flexibility index (Phi) is 4.77.